The third-order valence-corrected chi connectivity index (χ3v) is 3.41. The Labute approximate surface area is 93.8 Å². The molecule has 1 aliphatic rings. The number of benzene rings is 1. The Morgan fingerprint density at radius 1 is 1.50 bits per heavy atom. The van der Waals surface area contributed by atoms with E-state index in [2.05, 4.69) is 41.1 Å². The first-order valence-corrected chi connectivity index (χ1v) is 5.98. The van der Waals surface area contributed by atoms with Crippen molar-refractivity contribution in [3.63, 3.8) is 0 Å². The fourth-order valence-electron chi connectivity index (χ4n) is 1.89. The van der Waals surface area contributed by atoms with Crippen LogP contribution in [0.3, 0.4) is 0 Å². The van der Waals surface area contributed by atoms with Crippen LogP contribution in [-0.2, 0) is 0 Å². The number of halogens is 1. The molecule has 0 radical (unpaired) electrons. The monoisotopic (exact) mass is 253 g/mol. The quantitative estimate of drug-likeness (QED) is 0.876. The highest BCUT2D eigenvalue weighted by Crippen LogP contribution is 2.37. The summed E-state index contributed by atoms with van der Waals surface area (Å²) in [6.07, 6.45) is 3.91. The van der Waals surface area contributed by atoms with Gasteiger partial charge in [0, 0.05) is 10.5 Å². The molecule has 1 saturated carbocycles. The summed E-state index contributed by atoms with van der Waals surface area (Å²) in [4.78, 5) is 0. The molecule has 2 rings (SSSR count). The van der Waals surface area contributed by atoms with Crippen molar-refractivity contribution in [2.45, 2.75) is 32.2 Å². The molecule has 0 aromatic heterocycles. The highest BCUT2D eigenvalue weighted by molar-refractivity contribution is 9.10. The van der Waals surface area contributed by atoms with Gasteiger partial charge in [-0.2, -0.15) is 0 Å². The Morgan fingerprint density at radius 2 is 2.21 bits per heavy atom. The molecular weight excluding hydrogens is 238 g/mol. The molecule has 2 heteroatoms. The lowest BCUT2D eigenvalue weighted by molar-refractivity contribution is 0.594. The molecule has 1 aromatic rings. The van der Waals surface area contributed by atoms with Gasteiger partial charge in [0.25, 0.3) is 0 Å². The number of hydrogen-bond donors (Lipinski definition) is 1. The average Bonchev–Trinajstić information content (AvgIpc) is 2.87. The van der Waals surface area contributed by atoms with Gasteiger partial charge in [-0.25, -0.2) is 0 Å². The lowest BCUT2D eigenvalue weighted by Crippen LogP contribution is -2.12. The molecule has 0 bridgehead atoms. The number of aryl methyl sites for hydroxylation is 1. The molecule has 0 heterocycles. The van der Waals surface area contributed by atoms with Crippen LogP contribution >= 0.6 is 15.9 Å². The van der Waals surface area contributed by atoms with Crippen LogP contribution in [0.25, 0.3) is 0 Å². The fourth-order valence-corrected chi connectivity index (χ4v) is 2.37. The van der Waals surface area contributed by atoms with E-state index in [0.717, 1.165) is 16.8 Å². The van der Waals surface area contributed by atoms with Gasteiger partial charge in [0.05, 0.1) is 0 Å². The van der Waals surface area contributed by atoms with Gasteiger partial charge < -0.3 is 5.73 Å². The Kier molecular flexibility index (Phi) is 2.93. The molecule has 1 fully saturated rings. The Hall–Kier alpha value is -0.340. The van der Waals surface area contributed by atoms with E-state index < -0.39 is 0 Å². The maximum Gasteiger partial charge on any atom is 0.0300 e. The number of nitrogens with two attached hydrogens (primary N) is 1. The summed E-state index contributed by atoms with van der Waals surface area (Å²) in [6, 6.07) is 6.60. The molecule has 0 unspecified atom stereocenters. The molecule has 1 aliphatic carbocycles. The van der Waals surface area contributed by atoms with E-state index >= 15 is 0 Å². The lowest BCUT2D eigenvalue weighted by atomic mass is 9.98. The van der Waals surface area contributed by atoms with E-state index in [4.69, 9.17) is 5.73 Å². The van der Waals surface area contributed by atoms with E-state index in [9.17, 15) is 0 Å². The first-order chi connectivity index (χ1) is 6.66. The SMILES string of the molecule is Cc1cc(Br)ccc1[C@H](N)CC1CC1. The van der Waals surface area contributed by atoms with Gasteiger partial charge in [-0.05, 0) is 42.5 Å². The largest absolute Gasteiger partial charge is 0.324 e. The molecule has 0 amide bonds. The van der Waals surface area contributed by atoms with Crippen LogP contribution < -0.4 is 5.73 Å². The van der Waals surface area contributed by atoms with Crippen LogP contribution in [0.15, 0.2) is 22.7 Å². The summed E-state index contributed by atoms with van der Waals surface area (Å²) in [6.45, 7) is 2.13. The zero-order chi connectivity index (χ0) is 10.1. The van der Waals surface area contributed by atoms with Gasteiger partial charge in [0.1, 0.15) is 0 Å². The minimum atomic E-state index is 0.232. The normalized spacial score (nSPS) is 18.2. The van der Waals surface area contributed by atoms with Crippen LogP contribution in [0.4, 0.5) is 0 Å². The summed E-state index contributed by atoms with van der Waals surface area (Å²) in [5, 5.41) is 0. The Bertz CT molecular complexity index is 331. The Morgan fingerprint density at radius 3 is 2.79 bits per heavy atom. The molecule has 0 spiro atoms. The van der Waals surface area contributed by atoms with Crippen molar-refractivity contribution in [3.8, 4) is 0 Å². The zero-order valence-corrected chi connectivity index (χ0v) is 10.0. The van der Waals surface area contributed by atoms with Crippen LogP contribution in [0.2, 0.25) is 0 Å². The fraction of sp³-hybridized carbons (Fsp3) is 0.500. The number of hydrogen-bond acceptors (Lipinski definition) is 1. The van der Waals surface area contributed by atoms with Crippen molar-refractivity contribution >= 4 is 15.9 Å². The molecule has 0 aliphatic heterocycles. The van der Waals surface area contributed by atoms with E-state index in [1.165, 1.54) is 24.0 Å². The predicted molar refractivity (Wildman–Crippen MR) is 63.1 cm³/mol. The van der Waals surface area contributed by atoms with Gasteiger partial charge in [-0.3, -0.25) is 0 Å². The molecule has 76 valence electrons. The molecule has 2 N–H and O–H groups in total. The van der Waals surface area contributed by atoms with Gasteiger partial charge in [0.2, 0.25) is 0 Å². The van der Waals surface area contributed by atoms with E-state index in [0.29, 0.717) is 0 Å². The van der Waals surface area contributed by atoms with Gasteiger partial charge in [0.15, 0.2) is 0 Å². The maximum atomic E-state index is 6.17. The van der Waals surface area contributed by atoms with Crippen molar-refractivity contribution in [1.82, 2.24) is 0 Å². The second-order valence-corrected chi connectivity index (χ2v) is 5.20. The second-order valence-electron chi connectivity index (χ2n) is 4.29. The first-order valence-electron chi connectivity index (χ1n) is 5.18. The van der Waals surface area contributed by atoms with E-state index in [1.54, 1.807) is 0 Å². The van der Waals surface area contributed by atoms with Crippen molar-refractivity contribution in [2.75, 3.05) is 0 Å². The standard InChI is InChI=1S/C12H16BrN/c1-8-6-10(13)4-5-11(8)12(14)7-9-2-3-9/h4-6,9,12H,2-3,7,14H2,1H3/t12-/m1/s1. The maximum absolute atomic E-state index is 6.17. The highest BCUT2D eigenvalue weighted by Gasteiger charge is 2.24. The van der Waals surface area contributed by atoms with Crippen LogP contribution in [0, 0.1) is 12.8 Å². The van der Waals surface area contributed by atoms with Crippen LogP contribution in [-0.4, -0.2) is 0 Å². The summed E-state index contributed by atoms with van der Waals surface area (Å²) in [5.74, 6) is 0.896. The molecule has 1 nitrogen and oxygen atoms in total. The summed E-state index contributed by atoms with van der Waals surface area (Å²) < 4.78 is 1.14. The van der Waals surface area contributed by atoms with Gasteiger partial charge >= 0.3 is 0 Å². The molecule has 1 aromatic carbocycles. The topological polar surface area (TPSA) is 26.0 Å². The van der Waals surface area contributed by atoms with E-state index in [-0.39, 0.29) is 6.04 Å². The van der Waals surface area contributed by atoms with E-state index in [1.807, 2.05) is 0 Å². The van der Waals surface area contributed by atoms with Crippen LogP contribution in [0.1, 0.15) is 36.4 Å². The predicted octanol–water partition coefficient (Wildman–Crippen LogP) is 3.56. The minimum absolute atomic E-state index is 0.232. The smallest absolute Gasteiger partial charge is 0.0300 e. The molecule has 1 atom stereocenters. The molecule has 0 saturated heterocycles. The van der Waals surface area contributed by atoms with Gasteiger partial charge in [-0.1, -0.05) is 34.8 Å². The molecular formula is C12H16BrN. The third-order valence-electron chi connectivity index (χ3n) is 2.92. The highest BCUT2D eigenvalue weighted by atomic mass is 79.9. The van der Waals surface area contributed by atoms with Gasteiger partial charge in [-0.15, -0.1) is 0 Å². The van der Waals surface area contributed by atoms with Crippen molar-refractivity contribution in [3.05, 3.63) is 33.8 Å². The lowest BCUT2D eigenvalue weighted by Gasteiger charge is -2.14. The first kappa shape index (κ1) is 10.2. The third kappa shape index (κ3) is 2.37. The number of rotatable bonds is 3. The minimum Gasteiger partial charge on any atom is -0.324 e. The Balaban J connectivity index is 2.13. The van der Waals surface area contributed by atoms with Crippen LogP contribution in [0.5, 0.6) is 0 Å². The molecule has 14 heavy (non-hydrogen) atoms. The van der Waals surface area contributed by atoms with Crippen molar-refractivity contribution in [1.29, 1.82) is 0 Å². The second kappa shape index (κ2) is 4.03. The summed E-state index contributed by atoms with van der Waals surface area (Å²) in [5.41, 5.74) is 8.78. The zero-order valence-electron chi connectivity index (χ0n) is 8.46. The average molecular weight is 254 g/mol. The van der Waals surface area contributed by atoms with Crippen molar-refractivity contribution < 1.29 is 0 Å². The van der Waals surface area contributed by atoms with Crippen molar-refractivity contribution in [2.24, 2.45) is 11.7 Å². The summed E-state index contributed by atoms with van der Waals surface area (Å²) in [7, 11) is 0. The summed E-state index contributed by atoms with van der Waals surface area (Å²) >= 11 is 3.47.